The van der Waals surface area contributed by atoms with Crippen molar-refractivity contribution in [3.05, 3.63) is 24.3 Å². The zero-order valence-corrected chi connectivity index (χ0v) is 14.5. The molecule has 8 heteroatoms. The molecule has 2 aliphatic heterocycles. The summed E-state index contributed by atoms with van der Waals surface area (Å²) in [6, 6.07) is 6.88. The number of amides is 1. The molecule has 1 aromatic rings. The van der Waals surface area contributed by atoms with Crippen molar-refractivity contribution in [3.8, 4) is 0 Å². The highest BCUT2D eigenvalue weighted by Crippen LogP contribution is 2.29. The van der Waals surface area contributed by atoms with Crippen LogP contribution in [0.4, 0.5) is 5.69 Å². The Morgan fingerprint density at radius 3 is 2.96 bits per heavy atom. The molecule has 1 fully saturated rings. The number of anilines is 1. The molecule has 2 aliphatic rings. The molecule has 1 aromatic carbocycles. The third-order valence-electron chi connectivity index (χ3n) is 4.07. The molecule has 0 bridgehead atoms. The number of rotatable bonds is 2. The molecule has 0 spiro atoms. The van der Waals surface area contributed by atoms with Crippen molar-refractivity contribution in [1.29, 1.82) is 0 Å². The fraction of sp³-hybridized carbons (Fsp3) is 0.467. The minimum absolute atomic E-state index is 0.0305. The highest BCUT2D eigenvalue weighted by atomic mass is 32.2. The summed E-state index contributed by atoms with van der Waals surface area (Å²) in [6.07, 6.45) is 3.21. The second-order valence-electron chi connectivity index (χ2n) is 5.71. The van der Waals surface area contributed by atoms with Gasteiger partial charge < -0.3 is 10.2 Å². The molecule has 23 heavy (non-hydrogen) atoms. The van der Waals surface area contributed by atoms with Gasteiger partial charge in [-0.25, -0.2) is 0 Å². The van der Waals surface area contributed by atoms with E-state index >= 15 is 0 Å². The van der Waals surface area contributed by atoms with Gasteiger partial charge in [-0.15, -0.1) is 4.40 Å². The van der Waals surface area contributed by atoms with E-state index in [9.17, 15) is 13.2 Å². The number of amidine groups is 1. The van der Waals surface area contributed by atoms with Gasteiger partial charge in [0.2, 0.25) is 5.91 Å². The van der Waals surface area contributed by atoms with E-state index < -0.39 is 10.0 Å². The van der Waals surface area contributed by atoms with E-state index in [0.29, 0.717) is 5.69 Å². The molecule has 0 aromatic heterocycles. The summed E-state index contributed by atoms with van der Waals surface area (Å²) in [5.74, 6) is 0.219. The largest absolute Gasteiger partial charge is 0.339 e. The van der Waals surface area contributed by atoms with Gasteiger partial charge in [0.15, 0.2) is 5.17 Å². The molecule has 1 amide bonds. The van der Waals surface area contributed by atoms with Gasteiger partial charge in [0, 0.05) is 12.6 Å². The van der Waals surface area contributed by atoms with Crippen molar-refractivity contribution in [1.82, 2.24) is 4.90 Å². The third-order valence-corrected chi connectivity index (χ3v) is 6.37. The van der Waals surface area contributed by atoms with Crippen LogP contribution in [0.1, 0.15) is 26.2 Å². The predicted molar refractivity (Wildman–Crippen MR) is 92.2 cm³/mol. The number of para-hydroxylation sites is 1. The second-order valence-corrected chi connectivity index (χ2v) is 8.25. The minimum Gasteiger partial charge on any atom is -0.339 e. The highest BCUT2D eigenvalue weighted by Gasteiger charge is 2.27. The van der Waals surface area contributed by atoms with Crippen LogP contribution in [-0.2, 0) is 14.8 Å². The van der Waals surface area contributed by atoms with Crippen molar-refractivity contribution >= 4 is 38.5 Å². The van der Waals surface area contributed by atoms with E-state index in [4.69, 9.17) is 0 Å². The Morgan fingerprint density at radius 1 is 1.39 bits per heavy atom. The Bertz CT molecular complexity index is 746. The lowest BCUT2D eigenvalue weighted by atomic mass is 10.0. The van der Waals surface area contributed by atoms with Gasteiger partial charge in [-0.2, -0.15) is 8.42 Å². The van der Waals surface area contributed by atoms with E-state index in [-0.39, 0.29) is 27.8 Å². The maximum atomic E-state index is 12.3. The van der Waals surface area contributed by atoms with Crippen molar-refractivity contribution in [2.24, 2.45) is 4.40 Å². The number of nitrogens with zero attached hydrogens (tertiary/aromatic N) is 2. The number of sulfonamides is 1. The fourth-order valence-corrected chi connectivity index (χ4v) is 4.96. The average Bonchev–Trinajstić information content (AvgIpc) is 2.52. The number of carbonyl (C=O) groups excluding carboxylic acids is 1. The van der Waals surface area contributed by atoms with Gasteiger partial charge >= 0.3 is 0 Å². The van der Waals surface area contributed by atoms with Gasteiger partial charge in [-0.05, 0) is 38.3 Å². The molecule has 1 atom stereocenters. The Balaban J connectivity index is 1.68. The van der Waals surface area contributed by atoms with Crippen molar-refractivity contribution in [2.75, 3.05) is 17.6 Å². The number of benzene rings is 1. The maximum absolute atomic E-state index is 12.3. The van der Waals surface area contributed by atoms with Gasteiger partial charge in [0.1, 0.15) is 4.90 Å². The lowest BCUT2D eigenvalue weighted by molar-refractivity contribution is -0.131. The van der Waals surface area contributed by atoms with Crippen LogP contribution in [0.15, 0.2) is 33.6 Å². The minimum atomic E-state index is -3.70. The first-order valence-corrected chi connectivity index (χ1v) is 10.0. The molecule has 3 rings (SSSR count). The van der Waals surface area contributed by atoms with Crippen LogP contribution in [-0.4, -0.2) is 42.7 Å². The fourth-order valence-electron chi connectivity index (χ4n) is 2.84. The van der Waals surface area contributed by atoms with Crippen LogP contribution in [0.2, 0.25) is 0 Å². The first kappa shape index (κ1) is 16.3. The Morgan fingerprint density at radius 2 is 2.17 bits per heavy atom. The Hall–Kier alpha value is -1.54. The number of fused-ring (bicyclic) bond motifs is 1. The van der Waals surface area contributed by atoms with Gasteiger partial charge in [0.05, 0.1) is 11.4 Å². The van der Waals surface area contributed by atoms with Crippen molar-refractivity contribution in [3.63, 3.8) is 0 Å². The Labute approximate surface area is 140 Å². The average molecular weight is 353 g/mol. The van der Waals surface area contributed by atoms with Crippen LogP contribution in [0, 0.1) is 0 Å². The van der Waals surface area contributed by atoms with Crippen molar-refractivity contribution < 1.29 is 13.2 Å². The standard InChI is InChI=1S/C15H19N3O3S2/c1-11-6-4-5-9-18(11)14(19)10-22-15-16-12-7-2-3-8-13(12)23(20,21)17-15/h2-3,7-8,11H,4-6,9-10H2,1H3,(H,16,17). The van der Waals surface area contributed by atoms with Gasteiger partial charge in [-0.1, -0.05) is 23.9 Å². The molecule has 1 unspecified atom stereocenters. The first-order valence-electron chi connectivity index (χ1n) is 7.61. The number of likely N-dealkylation sites (tertiary alicyclic amines) is 1. The van der Waals surface area contributed by atoms with Crippen LogP contribution in [0.25, 0.3) is 0 Å². The molecule has 0 saturated carbocycles. The van der Waals surface area contributed by atoms with Crippen LogP contribution >= 0.6 is 11.8 Å². The van der Waals surface area contributed by atoms with Gasteiger partial charge in [0.25, 0.3) is 10.0 Å². The SMILES string of the molecule is CC1CCCCN1C(=O)CSC1=NS(=O)(=O)c2ccccc2N1. The molecule has 2 heterocycles. The number of hydrogen-bond donors (Lipinski definition) is 1. The topological polar surface area (TPSA) is 78.8 Å². The molecule has 124 valence electrons. The number of piperidine rings is 1. The summed E-state index contributed by atoms with van der Waals surface area (Å²) >= 11 is 1.14. The van der Waals surface area contributed by atoms with E-state index in [1.54, 1.807) is 18.2 Å². The zero-order valence-electron chi connectivity index (χ0n) is 12.9. The maximum Gasteiger partial charge on any atom is 0.286 e. The summed E-state index contributed by atoms with van der Waals surface area (Å²) < 4.78 is 28.1. The summed E-state index contributed by atoms with van der Waals surface area (Å²) in [7, 11) is -3.70. The quantitative estimate of drug-likeness (QED) is 0.882. The zero-order chi connectivity index (χ0) is 16.4. The lowest BCUT2D eigenvalue weighted by Gasteiger charge is -2.33. The second kappa shape index (κ2) is 6.52. The van der Waals surface area contributed by atoms with Gasteiger partial charge in [-0.3, -0.25) is 4.79 Å². The number of hydrogen-bond acceptors (Lipinski definition) is 5. The summed E-state index contributed by atoms with van der Waals surface area (Å²) in [5, 5.41) is 3.24. The predicted octanol–water partition coefficient (Wildman–Crippen LogP) is 2.29. The molecule has 1 saturated heterocycles. The first-order chi connectivity index (χ1) is 11.0. The summed E-state index contributed by atoms with van der Waals surface area (Å²) in [6.45, 7) is 2.83. The Kier molecular flexibility index (Phi) is 4.63. The molecular formula is C15H19N3O3S2. The molecule has 6 nitrogen and oxygen atoms in total. The summed E-state index contributed by atoms with van der Waals surface area (Å²) in [4.78, 5) is 14.4. The van der Waals surface area contributed by atoms with E-state index in [1.807, 2.05) is 4.90 Å². The normalized spacial score (nSPS) is 22.7. The summed E-state index contributed by atoms with van der Waals surface area (Å²) in [5.41, 5.74) is 0.504. The molecule has 0 radical (unpaired) electrons. The van der Waals surface area contributed by atoms with E-state index in [1.165, 1.54) is 6.07 Å². The molecule has 1 N–H and O–H groups in total. The molecule has 0 aliphatic carbocycles. The van der Waals surface area contributed by atoms with Crippen molar-refractivity contribution in [2.45, 2.75) is 37.1 Å². The lowest BCUT2D eigenvalue weighted by Crippen LogP contribution is -2.43. The van der Waals surface area contributed by atoms with E-state index in [0.717, 1.165) is 37.6 Å². The smallest absolute Gasteiger partial charge is 0.286 e. The van der Waals surface area contributed by atoms with Crippen LogP contribution < -0.4 is 5.32 Å². The highest BCUT2D eigenvalue weighted by molar-refractivity contribution is 8.15. The monoisotopic (exact) mass is 353 g/mol. The number of carbonyl (C=O) groups is 1. The molecular weight excluding hydrogens is 334 g/mol. The van der Waals surface area contributed by atoms with Crippen LogP contribution in [0.3, 0.4) is 0 Å². The van der Waals surface area contributed by atoms with E-state index in [2.05, 4.69) is 16.6 Å². The number of nitrogens with one attached hydrogen (secondary N) is 1. The van der Waals surface area contributed by atoms with Crippen LogP contribution in [0.5, 0.6) is 0 Å². The number of thioether (sulfide) groups is 1. The third kappa shape index (κ3) is 3.53.